The van der Waals surface area contributed by atoms with Crippen LogP contribution < -0.4 is 4.52 Å². The smallest absolute Gasteiger partial charge is 0.309 e. The summed E-state index contributed by atoms with van der Waals surface area (Å²) >= 11 is 0. The lowest BCUT2D eigenvalue weighted by molar-refractivity contribution is -0.148. The second-order valence-corrected chi connectivity index (χ2v) is 11.8. The molecule has 3 aromatic rings. The summed E-state index contributed by atoms with van der Waals surface area (Å²) in [5.74, 6) is -0.338. The summed E-state index contributed by atoms with van der Waals surface area (Å²) in [6.07, 6.45) is 0.118. The molecule has 0 saturated carbocycles. The Morgan fingerprint density at radius 1 is 0.933 bits per heavy atom. The van der Waals surface area contributed by atoms with Gasteiger partial charge in [-0.25, -0.2) is 0 Å². The Morgan fingerprint density at radius 3 is 2.27 bits per heavy atom. The predicted molar refractivity (Wildman–Crippen MR) is 122 cm³/mol. The van der Waals surface area contributed by atoms with Gasteiger partial charge in [-0.3, -0.25) is 9.36 Å². The largest absolute Gasteiger partial charge is 0.461 e. The number of carbonyl (C=O) groups excluding carboxylic acids is 1. The van der Waals surface area contributed by atoms with Crippen LogP contribution in [-0.2, 0) is 20.7 Å². The third-order valence-corrected chi connectivity index (χ3v) is 8.72. The molecular weight excluding hydrogens is 395 g/mol. The molecule has 2 atom stereocenters. The number of rotatable bonds is 7. The lowest BCUT2D eigenvalue weighted by atomic mass is 10.1. The van der Waals surface area contributed by atoms with Crippen LogP contribution in [0.4, 0.5) is 0 Å². The van der Waals surface area contributed by atoms with Gasteiger partial charge in [0.2, 0.25) is 0 Å². The van der Waals surface area contributed by atoms with Crippen molar-refractivity contribution in [3.8, 4) is 5.75 Å². The van der Waals surface area contributed by atoms with Crippen LogP contribution in [0.3, 0.4) is 0 Å². The first kappa shape index (κ1) is 22.1. The standard InChI is InChI=1S/C25H29O4P/c1-19(24(26)28-17-20-11-6-5-7-12-20)18-30(27,25(2,3)4)29-23-16-10-14-21-13-8-9-15-22(21)23/h5-16,19H,17-18H2,1-4H3/t19-,30?/m0/s1. The molecule has 5 heteroatoms. The molecule has 3 rings (SSSR count). The van der Waals surface area contributed by atoms with Gasteiger partial charge in [0.15, 0.2) is 0 Å². The van der Waals surface area contributed by atoms with Gasteiger partial charge >= 0.3 is 5.97 Å². The lowest BCUT2D eigenvalue weighted by Gasteiger charge is -2.33. The topological polar surface area (TPSA) is 52.6 Å². The zero-order valence-corrected chi connectivity index (χ0v) is 18.9. The van der Waals surface area contributed by atoms with E-state index in [9.17, 15) is 9.36 Å². The molecule has 158 valence electrons. The minimum Gasteiger partial charge on any atom is -0.461 e. The van der Waals surface area contributed by atoms with E-state index >= 15 is 0 Å². The van der Waals surface area contributed by atoms with Crippen LogP contribution in [0.25, 0.3) is 10.8 Å². The van der Waals surface area contributed by atoms with Gasteiger partial charge in [0.05, 0.1) is 5.92 Å². The van der Waals surface area contributed by atoms with E-state index < -0.39 is 18.4 Å². The Morgan fingerprint density at radius 2 is 1.57 bits per heavy atom. The first-order chi connectivity index (χ1) is 14.2. The van der Waals surface area contributed by atoms with E-state index in [-0.39, 0.29) is 18.7 Å². The average molecular weight is 424 g/mol. The van der Waals surface area contributed by atoms with E-state index in [0.29, 0.717) is 5.75 Å². The third kappa shape index (κ3) is 5.12. The molecule has 1 unspecified atom stereocenters. The highest BCUT2D eigenvalue weighted by molar-refractivity contribution is 7.61. The van der Waals surface area contributed by atoms with Crippen molar-refractivity contribution in [1.82, 2.24) is 0 Å². The average Bonchev–Trinajstić information content (AvgIpc) is 2.72. The second-order valence-electron chi connectivity index (χ2n) is 8.59. The van der Waals surface area contributed by atoms with Crippen molar-refractivity contribution >= 4 is 24.1 Å². The molecule has 4 nitrogen and oxygen atoms in total. The van der Waals surface area contributed by atoms with Crippen LogP contribution in [-0.4, -0.2) is 17.3 Å². The Labute approximate surface area is 178 Å². The van der Waals surface area contributed by atoms with Crippen LogP contribution in [0, 0.1) is 5.92 Å². The van der Waals surface area contributed by atoms with E-state index in [1.54, 1.807) is 6.92 Å². The van der Waals surface area contributed by atoms with Crippen LogP contribution in [0.15, 0.2) is 72.8 Å². The van der Waals surface area contributed by atoms with E-state index in [0.717, 1.165) is 16.3 Å². The summed E-state index contributed by atoms with van der Waals surface area (Å²) in [4.78, 5) is 12.6. The summed E-state index contributed by atoms with van der Waals surface area (Å²) in [6, 6.07) is 23.1. The quantitative estimate of drug-likeness (QED) is 0.314. The molecular formula is C25H29O4P. The van der Waals surface area contributed by atoms with Crippen molar-refractivity contribution < 1.29 is 18.6 Å². The van der Waals surface area contributed by atoms with Gasteiger partial charge < -0.3 is 9.26 Å². The molecule has 0 aromatic heterocycles. The van der Waals surface area contributed by atoms with E-state index in [2.05, 4.69) is 0 Å². The molecule has 0 saturated heterocycles. The molecule has 0 fully saturated rings. The maximum absolute atomic E-state index is 14.0. The highest BCUT2D eigenvalue weighted by Gasteiger charge is 2.42. The first-order valence-electron chi connectivity index (χ1n) is 10.2. The van der Waals surface area contributed by atoms with Crippen molar-refractivity contribution in [2.75, 3.05) is 6.16 Å². The van der Waals surface area contributed by atoms with Gasteiger partial charge in [0.1, 0.15) is 12.4 Å². The zero-order chi connectivity index (χ0) is 21.8. The maximum atomic E-state index is 14.0. The molecule has 0 N–H and O–H groups in total. The molecule has 30 heavy (non-hydrogen) atoms. The normalized spacial score (nSPS) is 14.7. The molecule has 0 aliphatic heterocycles. The van der Waals surface area contributed by atoms with E-state index in [4.69, 9.17) is 9.26 Å². The number of fused-ring (bicyclic) bond motifs is 1. The Hall–Kier alpha value is -2.58. The molecule has 0 spiro atoms. The van der Waals surface area contributed by atoms with Crippen LogP contribution >= 0.6 is 7.37 Å². The van der Waals surface area contributed by atoms with Crippen molar-refractivity contribution in [3.63, 3.8) is 0 Å². The predicted octanol–water partition coefficient (Wildman–Crippen LogP) is 6.67. The monoisotopic (exact) mass is 424 g/mol. The van der Waals surface area contributed by atoms with Crippen molar-refractivity contribution in [1.29, 1.82) is 0 Å². The van der Waals surface area contributed by atoms with Gasteiger partial charge in [-0.05, 0) is 17.0 Å². The SMILES string of the molecule is C[C@@H](CP(=O)(Oc1cccc2ccccc12)C(C)(C)C)C(=O)OCc1ccccc1. The fraction of sp³-hybridized carbons (Fsp3) is 0.320. The number of benzene rings is 3. The molecule has 0 bridgehead atoms. The van der Waals surface area contributed by atoms with Gasteiger partial charge in [-0.15, -0.1) is 0 Å². The molecule has 0 heterocycles. The van der Waals surface area contributed by atoms with Crippen molar-refractivity contribution in [2.45, 2.75) is 39.5 Å². The fourth-order valence-electron chi connectivity index (χ4n) is 3.19. The molecule has 3 aromatic carbocycles. The first-order valence-corrected chi connectivity index (χ1v) is 12.0. The van der Waals surface area contributed by atoms with Crippen LogP contribution in [0.5, 0.6) is 5.75 Å². The highest BCUT2D eigenvalue weighted by atomic mass is 31.2. The molecule has 0 amide bonds. The Bertz CT molecular complexity index is 1050. The number of hydrogen-bond acceptors (Lipinski definition) is 4. The molecule has 0 aliphatic carbocycles. The minimum absolute atomic E-state index is 0.118. The fourth-order valence-corrected chi connectivity index (χ4v) is 5.43. The summed E-state index contributed by atoms with van der Waals surface area (Å²) in [6.45, 7) is 7.62. The lowest BCUT2D eigenvalue weighted by Crippen LogP contribution is -2.27. The Kier molecular flexibility index (Phi) is 6.67. The van der Waals surface area contributed by atoms with Gasteiger partial charge in [0, 0.05) is 16.7 Å². The van der Waals surface area contributed by atoms with Gasteiger partial charge in [-0.2, -0.15) is 0 Å². The zero-order valence-electron chi connectivity index (χ0n) is 18.0. The van der Waals surface area contributed by atoms with Crippen LogP contribution in [0.1, 0.15) is 33.3 Å². The second kappa shape index (κ2) is 9.06. The highest BCUT2D eigenvalue weighted by Crippen LogP contribution is 2.60. The summed E-state index contributed by atoms with van der Waals surface area (Å²) in [5.41, 5.74) is 0.920. The maximum Gasteiger partial charge on any atom is 0.309 e. The number of hydrogen-bond donors (Lipinski definition) is 0. The van der Waals surface area contributed by atoms with Gasteiger partial charge in [-0.1, -0.05) is 94.4 Å². The van der Waals surface area contributed by atoms with Crippen LogP contribution in [0.2, 0.25) is 0 Å². The molecule has 0 radical (unpaired) electrons. The van der Waals surface area contributed by atoms with Crippen molar-refractivity contribution in [3.05, 3.63) is 78.4 Å². The van der Waals surface area contributed by atoms with Crippen molar-refractivity contribution in [2.24, 2.45) is 5.92 Å². The molecule has 0 aliphatic rings. The van der Waals surface area contributed by atoms with Gasteiger partial charge in [0.25, 0.3) is 7.37 Å². The minimum atomic E-state index is -3.24. The third-order valence-electron chi connectivity index (χ3n) is 5.16. The summed E-state index contributed by atoms with van der Waals surface area (Å²) in [5, 5.41) is 1.30. The summed E-state index contributed by atoms with van der Waals surface area (Å²) in [7, 11) is -3.24. The van der Waals surface area contributed by atoms with E-state index in [1.807, 2.05) is 93.6 Å². The number of esters is 1. The number of carbonyl (C=O) groups is 1. The number of ether oxygens (including phenoxy) is 1. The Balaban J connectivity index is 1.78. The summed E-state index contributed by atoms with van der Waals surface area (Å²) < 4.78 is 25.7. The van der Waals surface area contributed by atoms with E-state index in [1.165, 1.54) is 0 Å².